The van der Waals surface area contributed by atoms with Crippen molar-refractivity contribution < 1.29 is 14.4 Å². The fourth-order valence-electron chi connectivity index (χ4n) is 7.45. The summed E-state index contributed by atoms with van der Waals surface area (Å²) in [7, 11) is 0. The van der Waals surface area contributed by atoms with Gasteiger partial charge in [0.1, 0.15) is 11.6 Å². The first-order valence-corrected chi connectivity index (χ1v) is 17.2. The summed E-state index contributed by atoms with van der Waals surface area (Å²) in [4.78, 5) is 50.5. The van der Waals surface area contributed by atoms with Crippen molar-refractivity contribution in [1.29, 1.82) is 0 Å². The third kappa shape index (κ3) is 7.06. The van der Waals surface area contributed by atoms with Gasteiger partial charge in [-0.05, 0) is 61.2 Å². The minimum atomic E-state index is -0.701. The molecule has 0 unspecified atom stereocenters. The van der Waals surface area contributed by atoms with Crippen molar-refractivity contribution in [2.75, 3.05) is 50.8 Å². The Morgan fingerprint density at radius 3 is 2.23 bits per heavy atom. The third-order valence-electron chi connectivity index (χ3n) is 10.4. The lowest BCUT2D eigenvalue weighted by molar-refractivity contribution is -0.141. The highest BCUT2D eigenvalue weighted by molar-refractivity contribution is 5.94. The molecule has 3 amide bonds. The van der Waals surface area contributed by atoms with Crippen LogP contribution >= 0.6 is 0 Å². The summed E-state index contributed by atoms with van der Waals surface area (Å²) in [5, 5.41) is 6.49. The maximum Gasteiger partial charge on any atom is 0.250 e. The van der Waals surface area contributed by atoms with Crippen molar-refractivity contribution in [3.8, 4) is 0 Å². The van der Waals surface area contributed by atoms with Crippen LogP contribution in [0.1, 0.15) is 43.4 Å². The second kappa shape index (κ2) is 14.7. The van der Waals surface area contributed by atoms with Gasteiger partial charge in [0.25, 0.3) is 0 Å². The van der Waals surface area contributed by atoms with Gasteiger partial charge in [-0.1, -0.05) is 86.6 Å². The maximum absolute atomic E-state index is 14.2. The summed E-state index contributed by atoms with van der Waals surface area (Å²) in [5.74, 6) is -0.103. The number of likely N-dealkylation sites (tertiary alicyclic amines) is 1. The Kier molecular flexibility index (Phi) is 10.2. The summed E-state index contributed by atoms with van der Waals surface area (Å²) in [6.45, 7) is 9.79. The lowest BCUT2D eigenvalue weighted by Crippen LogP contribution is -2.60. The van der Waals surface area contributed by atoms with Crippen LogP contribution in [0.5, 0.6) is 0 Å². The molecule has 248 valence electrons. The topological polar surface area (TPSA) is 88.2 Å². The van der Waals surface area contributed by atoms with Crippen molar-refractivity contribution in [2.24, 2.45) is 0 Å². The number of hydrogen-bond donors (Lipinski definition) is 2. The summed E-state index contributed by atoms with van der Waals surface area (Å²) in [5.41, 5.74) is 3.69. The van der Waals surface area contributed by atoms with Crippen LogP contribution in [0, 0.1) is 0 Å². The highest BCUT2D eigenvalue weighted by Gasteiger charge is 2.54. The van der Waals surface area contributed by atoms with Crippen LogP contribution in [0.3, 0.4) is 0 Å². The van der Waals surface area contributed by atoms with Crippen molar-refractivity contribution in [1.82, 2.24) is 25.3 Å². The van der Waals surface area contributed by atoms with E-state index < -0.39 is 17.6 Å². The van der Waals surface area contributed by atoms with E-state index in [1.807, 2.05) is 70.5 Å². The van der Waals surface area contributed by atoms with Crippen LogP contribution in [0.2, 0.25) is 0 Å². The zero-order valence-electron chi connectivity index (χ0n) is 27.7. The van der Waals surface area contributed by atoms with Crippen molar-refractivity contribution in [3.63, 3.8) is 0 Å². The average Bonchev–Trinajstić information content (AvgIpc) is 3.38. The molecule has 2 atom stereocenters. The lowest BCUT2D eigenvalue weighted by Gasteiger charge is -2.44. The van der Waals surface area contributed by atoms with Gasteiger partial charge in [0.2, 0.25) is 17.7 Å². The Bertz CT molecular complexity index is 1520. The molecule has 0 aromatic heterocycles. The van der Waals surface area contributed by atoms with Crippen molar-refractivity contribution >= 4 is 23.4 Å². The van der Waals surface area contributed by atoms with Gasteiger partial charge in [-0.3, -0.25) is 14.4 Å². The molecule has 9 heteroatoms. The number of rotatable bonds is 11. The second-order valence-electron chi connectivity index (χ2n) is 13.0. The number of nitrogens with zero attached hydrogens (tertiary/aromatic N) is 4. The SMILES string of the molecule is CCN(CC)CCN1CN(c2ccccc2)C2(CCN(C(=O)[C@@H](Cc3ccccc3)NC(=O)[C@H]3Cc4ccccc4CN3)CC2)C1=O. The zero-order chi connectivity index (χ0) is 32.8. The van der Waals surface area contributed by atoms with Gasteiger partial charge in [0.15, 0.2) is 0 Å². The van der Waals surface area contributed by atoms with Gasteiger partial charge >= 0.3 is 0 Å². The smallest absolute Gasteiger partial charge is 0.250 e. The number of piperidine rings is 1. The number of likely N-dealkylation sites (N-methyl/N-ethyl adjacent to an activating group) is 1. The van der Waals surface area contributed by atoms with E-state index >= 15 is 0 Å². The summed E-state index contributed by atoms with van der Waals surface area (Å²) in [6, 6.07) is 27.1. The monoisotopic (exact) mass is 636 g/mol. The first-order chi connectivity index (χ1) is 22.9. The molecule has 0 radical (unpaired) electrons. The average molecular weight is 637 g/mol. The number of hydrogen-bond acceptors (Lipinski definition) is 6. The van der Waals surface area contributed by atoms with Crippen molar-refractivity contribution in [2.45, 2.75) is 63.7 Å². The largest absolute Gasteiger partial charge is 0.343 e. The van der Waals surface area contributed by atoms with E-state index in [1.54, 1.807) is 0 Å². The van der Waals surface area contributed by atoms with Gasteiger partial charge in [0, 0.05) is 44.8 Å². The molecule has 3 aliphatic heterocycles. The molecule has 2 fully saturated rings. The van der Waals surface area contributed by atoms with Crippen molar-refractivity contribution in [3.05, 3.63) is 102 Å². The molecule has 9 nitrogen and oxygen atoms in total. The predicted octanol–water partition coefficient (Wildman–Crippen LogP) is 3.44. The van der Waals surface area contributed by atoms with E-state index in [9.17, 15) is 14.4 Å². The lowest BCUT2D eigenvalue weighted by atomic mass is 9.85. The van der Waals surface area contributed by atoms with Gasteiger partial charge in [-0.15, -0.1) is 0 Å². The Morgan fingerprint density at radius 2 is 1.55 bits per heavy atom. The number of fused-ring (bicyclic) bond motifs is 1. The fraction of sp³-hybridized carbons (Fsp3) is 0.447. The Balaban J connectivity index is 1.17. The van der Waals surface area contributed by atoms with E-state index in [0.29, 0.717) is 58.5 Å². The first-order valence-electron chi connectivity index (χ1n) is 17.2. The normalized spacial score (nSPS) is 19.6. The first kappa shape index (κ1) is 32.7. The summed E-state index contributed by atoms with van der Waals surface area (Å²) in [6.07, 6.45) is 2.08. The van der Waals surface area contributed by atoms with Crippen LogP contribution in [0.15, 0.2) is 84.9 Å². The van der Waals surface area contributed by atoms with Crippen LogP contribution in [-0.4, -0.2) is 96.0 Å². The molecule has 3 heterocycles. The van der Waals surface area contributed by atoms with E-state index in [0.717, 1.165) is 36.4 Å². The number of amides is 3. The van der Waals surface area contributed by atoms with E-state index in [4.69, 9.17) is 0 Å². The van der Waals surface area contributed by atoms with Crippen LogP contribution < -0.4 is 15.5 Å². The molecule has 6 rings (SSSR count). The van der Waals surface area contributed by atoms with E-state index in [-0.39, 0.29) is 17.7 Å². The number of carbonyl (C=O) groups excluding carboxylic acids is 3. The molecule has 3 aromatic carbocycles. The van der Waals surface area contributed by atoms with Crippen LogP contribution in [-0.2, 0) is 33.8 Å². The number of para-hydroxylation sites is 1. The molecule has 47 heavy (non-hydrogen) atoms. The highest BCUT2D eigenvalue weighted by atomic mass is 16.2. The molecular weight excluding hydrogens is 588 g/mol. The zero-order valence-corrected chi connectivity index (χ0v) is 27.7. The summed E-state index contributed by atoms with van der Waals surface area (Å²) >= 11 is 0. The van der Waals surface area contributed by atoms with Crippen LogP contribution in [0.4, 0.5) is 5.69 Å². The van der Waals surface area contributed by atoms with Gasteiger partial charge in [-0.2, -0.15) is 0 Å². The van der Waals surface area contributed by atoms with Crippen LogP contribution in [0.25, 0.3) is 0 Å². The molecule has 0 aliphatic carbocycles. The molecule has 2 N–H and O–H groups in total. The standard InChI is InChI=1S/C38H48N6O3/c1-3-41(4-2)23-24-43-28-44(32-17-9-6-10-18-32)38(37(43)47)19-21-42(22-20-38)36(46)34(25-29-13-7-5-8-14-29)40-35(45)33-26-30-15-11-12-16-31(30)27-39-33/h5-18,33-34,39H,3-4,19-28H2,1-2H3,(H,40,45)/t33-,34-/m1/s1. The minimum Gasteiger partial charge on any atom is -0.343 e. The molecule has 1 spiro atoms. The van der Waals surface area contributed by atoms with Gasteiger partial charge < -0.3 is 30.2 Å². The quantitative estimate of drug-likeness (QED) is 0.336. The fourth-order valence-corrected chi connectivity index (χ4v) is 7.45. The number of benzene rings is 3. The van der Waals surface area contributed by atoms with Gasteiger partial charge in [-0.25, -0.2) is 0 Å². The predicted molar refractivity (Wildman–Crippen MR) is 185 cm³/mol. The molecule has 3 aromatic rings. The molecule has 3 aliphatic rings. The number of nitrogens with one attached hydrogen (secondary N) is 2. The Labute approximate surface area is 278 Å². The summed E-state index contributed by atoms with van der Waals surface area (Å²) < 4.78 is 0. The molecular formula is C38H48N6O3. The highest BCUT2D eigenvalue weighted by Crippen LogP contribution is 2.39. The van der Waals surface area contributed by atoms with E-state index in [1.165, 1.54) is 5.56 Å². The van der Waals surface area contributed by atoms with E-state index in [2.05, 4.69) is 58.5 Å². The maximum atomic E-state index is 14.2. The minimum absolute atomic E-state index is 0.0941. The second-order valence-corrected chi connectivity index (χ2v) is 13.0. The Morgan fingerprint density at radius 1 is 0.915 bits per heavy atom. The number of anilines is 1. The number of carbonyl (C=O) groups is 3. The molecule has 2 saturated heterocycles. The molecule has 0 saturated carbocycles. The van der Waals surface area contributed by atoms with Gasteiger partial charge in [0.05, 0.1) is 12.7 Å². The molecule has 0 bridgehead atoms. The Hall–Kier alpha value is -4.21. The third-order valence-corrected chi connectivity index (χ3v) is 10.4.